The minimum Gasteiger partial charge on any atom is -0.396 e. The van der Waals surface area contributed by atoms with E-state index in [1.54, 1.807) is 0 Å². The van der Waals surface area contributed by atoms with Crippen LogP contribution in [0, 0.1) is 3.57 Å². The molecule has 0 radical (unpaired) electrons. The number of hydrogen-bond donors (Lipinski definition) is 2. The number of aromatic nitrogens is 2. The lowest BCUT2D eigenvalue weighted by Gasteiger charge is -2.21. The molecular weight excluding hydrogens is 309 g/mol. The number of halogens is 1. The Hall–Kier alpha value is -0.630. The van der Waals surface area contributed by atoms with Crippen molar-refractivity contribution < 1.29 is 5.11 Å². The Morgan fingerprint density at radius 1 is 1.67 bits per heavy atom. The number of nitrogens with one attached hydrogen (secondary N) is 1. The van der Waals surface area contributed by atoms with Gasteiger partial charge in [0.2, 0.25) is 0 Å². The molecular formula is C9H14IN3O2. The zero-order chi connectivity index (χ0) is 11.3. The van der Waals surface area contributed by atoms with E-state index in [1.807, 2.05) is 34.4 Å². The number of aliphatic hydroxyl groups is 1. The standard InChI is InChI=1S/C9H14IN3O2/c1-2-13(4-3-5-14)8-7(10)9(15)12-6-11-8/h6,14H,2-5H2,1H3,(H,11,12,15). The zero-order valence-electron chi connectivity index (χ0n) is 8.53. The summed E-state index contributed by atoms with van der Waals surface area (Å²) in [4.78, 5) is 20.0. The molecule has 0 aromatic carbocycles. The van der Waals surface area contributed by atoms with Gasteiger partial charge in [-0.3, -0.25) is 4.79 Å². The Balaban J connectivity index is 2.91. The normalized spacial score (nSPS) is 10.3. The van der Waals surface area contributed by atoms with E-state index in [0.29, 0.717) is 22.4 Å². The van der Waals surface area contributed by atoms with Gasteiger partial charge in [0, 0.05) is 19.7 Å². The first-order valence-electron chi connectivity index (χ1n) is 4.79. The third-order valence-electron chi connectivity index (χ3n) is 2.05. The highest BCUT2D eigenvalue weighted by Gasteiger charge is 2.11. The van der Waals surface area contributed by atoms with Crippen LogP contribution in [0.1, 0.15) is 13.3 Å². The van der Waals surface area contributed by atoms with Gasteiger partial charge in [0.15, 0.2) is 0 Å². The molecule has 0 atom stereocenters. The minimum absolute atomic E-state index is 0.122. The molecule has 5 nitrogen and oxygen atoms in total. The fraction of sp³-hybridized carbons (Fsp3) is 0.556. The molecule has 0 saturated heterocycles. The average molecular weight is 323 g/mol. The maximum absolute atomic E-state index is 11.4. The van der Waals surface area contributed by atoms with Gasteiger partial charge in [-0.2, -0.15) is 0 Å². The lowest BCUT2D eigenvalue weighted by atomic mass is 10.4. The first-order chi connectivity index (χ1) is 7.20. The Labute approximate surface area is 102 Å². The van der Waals surface area contributed by atoms with Crippen LogP contribution in [0.15, 0.2) is 11.1 Å². The summed E-state index contributed by atoms with van der Waals surface area (Å²) < 4.78 is 0.592. The lowest BCUT2D eigenvalue weighted by molar-refractivity contribution is 0.289. The molecule has 0 bridgehead atoms. The lowest BCUT2D eigenvalue weighted by Crippen LogP contribution is -2.29. The minimum atomic E-state index is -0.122. The number of aromatic amines is 1. The molecule has 0 amide bonds. The Morgan fingerprint density at radius 2 is 2.40 bits per heavy atom. The van der Waals surface area contributed by atoms with Crippen molar-refractivity contribution in [2.24, 2.45) is 0 Å². The monoisotopic (exact) mass is 323 g/mol. The van der Waals surface area contributed by atoms with Gasteiger partial charge in [-0.05, 0) is 35.9 Å². The van der Waals surface area contributed by atoms with Gasteiger partial charge >= 0.3 is 0 Å². The van der Waals surface area contributed by atoms with Gasteiger partial charge < -0.3 is 15.0 Å². The van der Waals surface area contributed by atoms with E-state index >= 15 is 0 Å². The summed E-state index contributed by atoms with van der Waals surface area (Å²) in [6.07, 6.45) is 2.08. The summed E-state index contributed by atoms with van der Waals surface area (Å²) in [5, 5.41) is 8.76. The van der Waals surface area contributed by atoms with E-state index < -0.39 is 0 Å². The Kier molecular flexibility index (Phi) is 5.03. The van der Waals surface area contributed by atoms with Gasteiger partial charge in [0.05, 0.1) is 6.33 Å². The summed E-state index contributed by atoms with van der Waals surface area (Å²) in [5.74, 6) is 0.690. The van der Waals surface area contributed by atoms with E-state index in [4.69, 9.17) is 5.11 Å². The van der Waals surface area contributed by atoms with Gasteiger partial charge in [0.25, 0.3) is 5.56 Å². The maximum atomic E-state index is 11.4. The summed E-state index contributed by atoms with van der Waals surface area (Å²) in [6.45, 7) is 3.62. The number of H-pyrrole nitrogens is 1. The fourth-order valence-electron chi connectivity index (χ4n) is 1.27. The molecule has 15 heavy (non-hydrogen) atoms. The largest absolute Gasteiger partial charge is 0.396 e. The molecule has 0 aliphatic carbocycles. The van der Waals surface area contributed by atoms with Gasteiger partial charge in [0.1, 0.15) is 9.39 Å². The predicted octanol–water partition coefficient (Wildman–Crippen LogP) is 0.583. The number of anilines is 1. The molecule has 0 fully saturated rings. The van der Waals surface area contributed by atoms with Gasteiger partial charge in [-0.15, -0.1) is 0 Å². The highest BCUT2D eigenvalue weighted by molar-refractivity contribution is 14.1. The predicted molar refractivity (Wildman–Crippen MR) is 67.2 cm³/mol. The van der Waals surface area contributed by atoms with E-state index in [0.717, 1.165) is 6.54 Å². The van der Waals surface area contributed by atoms with Crippen LogP contribution in [0.25, 0.3) is 0 Å². The number of hydrogen-bond acceptors (Lipinski definition) is 4. The topological polar surface area (TPSA) is 69.2 Å². The molecule has 1 rings (SSSR count). The second-order valence-corrected chi connectivity index (χ2v) is 4.10. The average Bonchev–Trinajstić information content (AvgIpc) is 2.25. The van der Waals surface area contributed by atoms with Crippen LogP contribution < -0.4 is 10.5 Å². The summed E-state index contributed by atoms with van der Waals surface area (Å²) in [7, 11) is 0. The molecule has 1 heterocycles. The second-order valence-electron chi connectivity index (χ2n) is 3.03. The third kappa shape index (κ3) is 3.16. The summed E-state index contributed by atoms with van der Waals surface area (Å²) in [6, 6.07) is 0. The molecule has 2 N–H and O–H groups in total. The third-order valence-corrected chi connectivity index (χ3v) is 3.02. The molecule has 0 unspecified atom stereocenters. The quantitative estimate of drug-likeness (QED) is 0.778. The van der Waals surface area contributed by atoms with Crippen LogP contribution in [0.4, 0.5) is 5.82 Å². The Bertz CT molecular complexity index is 367. The van der Waals surface area contributed by atoms with E-state index in [9.17, 15) is 4.79 Å². The van der Waals surface area contributed by atoms with Crippen LogP contribution in [-0.2, 0) is 0 Å². The highest BCUT2D eigenvalue weighted by Crippen LogP contribution is 2.14. The molecule has 1 aromatic rings. The first-order valence-corrected chi connectivity index (χ1v) is 5.87. The van der Waals surface area contributed by atoms with Crippen molar-refractivity contribution in [2.75, 3.05) is 24.6 Å². The molecule has 0 spiro atoms. The van der Waals surface area contributed by atoms with Crippen LogP contribution >= 0.6 is 22.6 Å². The number of rotatable bonds is 5. The first kappa shape index (κ1) is 12.4. The molecule has 1 aromatic heterocycles. The Morgan fingerprint density at radius 3 is 3.00 bits per heavy atom. The van der Waals surface area contributed by atoms with Crippen LogP contribution in [-0.4, -0.2) is 34.8 Å². The smallest absolute Gasteiger partial charge is 0.266 e. The van der Waals surface area contributed by atoms with Crippen molar-refractivity contribution in [1.29, 1.82) is 0 Å². The van der Waals surface area contributed by atoms with E-state index in [1.165, 1.54) is 6.33 Å². The fourth-order valence-corrected chi connectivity index (χ4v) is 1.91. The van der Waals surface area contributed by atoms with Crippen molar-refractivity contribution in [3.63, 3.8) is 0 Å². The molecule has 6 heteroatoms. The number of aliphatic hydroxyl groups excluding tert-OH is 1. The van der Waals surface area contributed by atoms with Gasteiger partial charge in [-0.1, -0.05) is 0 Å². The van der Waals surface area contributed by atoms with E-state index in [2.05, 4.69) is 9.97 Å². The zero-order valence-corrected chi connectivity index (χ0v) is 10.7. The molecule has 0 saturated carbocycles. The molecule has 84 valence electrons. The SMILES string of the molecule is CCN(CCCO)c1nc[nH]c(=O)c1I. The van der Waals surface area contributed by atoms with Crippen LogP contribution in [0.2, 0.25) is 0 Å². The number of nitrogens with zero attached hydrogens (tertiary/aromatic N) is 2. The van der Waals surface area contributed by atoms with E-state index in [-0.39, 0.29) is 12.2 Å². The molecule has 0 aliphatic rings. The van der Waals surface area contributed by atoms with Crippen molar-refractivity contribution in [3.8, 4) is 0 Å². The van der Waals surface area contributed by atoms with Gasteiger partial charge in [-0.25, -0.2) is 4.98 Å². The highest BCUT2D eigenvalue weighted by atomic mass is 127. The van der Waals surface area contributed by atoms with Crippen molar-refractivity contribution in [3.05, 3.63) is 20.3 Å². The van der Waals surface area contributed by atoms with Crippen molar-refractivity contribution in [1.82, 2.24) is 9.97 Å². The summed E-state index contributed by atoms with van der Waals surface area (Å²) in [5.41, 5.74) is -0.122. The van der Waals surface area contributed by atoms with Crippen LogP contribution in [0.5, 0.6) is 0 Å². The van der Waals surface area contributed by atoms with Crippen molar-refractivity contribution in [2.45, 2.75) is 13.3 Å². The van der Waals surface area contributed by atoms with Crippen LogP contribution in [0.3, 0.4) is 0 Å². The van der Waals surface area contributed by atoms with Crippen molar-refractivity contribution >= 4 is 28.4 Å². The maximum Gasteiger partial charge on any atom is 0.266 e. The second kappa shape index (κ2) is 6.06. The molecule has 0 aliphatic heterocycles. The summed E-state index contributed by atoms with van der Waals surface area (Å²) >= 11 is 1.98.